The van der Waals surface area contributed by atoms with Gasteiger partial charge in [-0.25, -0.2) is 0 Å². The predicted molar refractivity (Wildman–Crippen MR) is 85.8 cm³/mol. The van der Waals surface area contributed by atoms with E-state index in [2.05, 4.69) is 5.32 Å². The first-order chi connectivity index (χ1) is 10.1. The normalized spacial score (nSPS) is 11.8. The van der Waals surface area contributed by atoms with Crippen LogP contribution in [0.25, 0.3) is 0 Å². The number of rotatable bonds is 5. The molecule has 3 N–H and O–H groups in total. The lowest BCUT2D eigenvalue weighted by Gasteiger charge is -2.08. The fourth-order valence-corrected chi connectivity index (χ4v) is 2.53. The van der Waals surface area contributed by atoms with Crippen LogP contribution < -0.4 is 15.8 Å². The Kier molecular flexibility index (Phi) is 5.25. The van der Waals surface area contributed by atoms with E-state index in [1.54, 1.807) is 25.8 Å². The van der Waals surface area contributed by atoms with Crippen LogP contribution in [-0.4, -0.2) is 19.1 Å². The van der Waals surface area contributed by atoms with Crippen LogP contribution in [-0.2, 0) is 4.79 Å². The van der Waals surface area contributed by atoms with E-state index in [9.17, 15) is 4.79 Å². The lowest BCUT2D eigenvalue weighted by molar-refractivity contribution is -0.117. The Balaban J connectivity index is 2.03. The molecule has 0 aliphatic heterocycles. The molecule has 2 rings (SSSR count). The van der Waals surface area contributed by atoms with Crippen molar-refractivity contribution in [2.45, 2.75) is 22.8 Å². The van der Waals surface area contributed by atoms with Gasteiger partial charge in [0.1, 0.15) is 5.75 Å². The molecule has 0 heterocycles. The van der Waals surface area contributed by atoms with Crippen molar-refractivity contribution in [3.63, 3.8) is 0 Å². The molecule has 2 aromatic carbocycles. The minimum atomic E-state index is -0.518. The lowest BCUT2D eigenvalue weighted by Crippen LogP contribution is -2.32. The van der Waals surface area contributed by atoms with Crippen LogP contribution >= 0.6 is 11.8 Å². The van der Waals surface area contributed by atoms with E-state index in [4.69, 9.17) is 10.5 Å². The van der Waals surface area contributed by atoms with Gasteiger partial charge in [-0.05, 0) is 49.4 Å². The molecule has 0 aliphatic rings. The number of hydrogen-bond acceptors (Lipinski definition) is 4. The van der Waals surface area contributed by atoms with E-state index in [1.165, 1.54) is 0 Å². The number of methoxy groups -OCH3 is 1. The number of hydrogen-bond donors (Lipinski definition) is 2. The number of carbonyl (C=O) groups is 1. The van der Waals surface area contributed by atoms with E-state index >= 15 is 0 Å². The van der Waals surface area contributed by atoms with Gasteiger partial charge in [-0.1, -0.05) is 17.8 Å². The average Bonchev–Trinajstić information content (AvgIpc) is 2.49. The van der Waals surface area contributed by atoms with Gasteiger partial charge < -0.3 is 15.8 Å². The van der Waals surface area contributed by atoms with Crippen LogP contribution in [0.15, 0.2) is 58.3 Å². The van der Waals surface area contributed by atoms with E-state index in [0.29, 0.717) is 0 Å². The summed E-state index contributed by atoms with van der Waals surface area (Å²) in [6.45, 7) is 1.66. The topological polar surface area (TPSA) is 64.3 Å². The summed E-state index contributed by atoms with van der Waals surface area (Å²) in [5, 5.41) is 2.76. The molecular formula is C16H18N2O2S. The van der Waals surface area contributed by atoms with Gasteiger partial charge in [0.15, 0.2) is 0 Å². The van der Waals surface area contributed by atoms with Crippen molar-refractivity contribution >= 4 is 23.4 Å². The maximum Gasteiger partial charge on any atom is 0.240 e. The maximum absolute atomic E-state index is 11.5. The molecule has 1 amide bonds. The third-order valence-corrected chi connectivity index (χ3v) is 3.81. The predicted octanol–water partition coefficient (Wildman–Crippen LogP) is 3.13. The molecule has 0 aromatic heterocycles. The van der Waals surface area contributed by atoms with Crippen molar-refractivity contribution in [2.24, 2.45) is 5.73 Å². The average molecular weight is 302 g/mol. The number of carbonyl (C=O) groups excluding carboxylic acids is 1. The summed E-state index contributed by atoms with van der Waals surface area (Å²) in [6.07, 6.45) is 0. The van der Waals surface area contributed by atoms with Crippen molar-refractivity contribution in [3.05, 3.63) is 48.5 Å². The van der Waals surface area contributed by atoms with Crippen LogP contribution in [0.5, 0.6) is 5.75 Å². The van der Waals surface area contributed by atoms with Gasteiger partial charge >= 0.3 is 0 Å². The summed E-state index contributed by atoms with van der Waals surface area (Å²) in [5.41, 5.74) is 6.26. The van der Waals surface area contributed by atoms with Crippen LogP contribution in [0.4, 0.5) is 5.69 Å². The number of benzene rings is 2. The molecule has 110 valence electrons. The molecule has 0 fully saturated rings. The summed E-state index contributed by atoms with van der Waals surface area (Å²) in [4.78, 5) is 13.7. The highest BCUT2D eigenvalue weighted by Gasteiger charge is 2.07. The molecule has 0 saturated carbocycles. The van der Waals surface area contributed by atoms with Crippen LogP contribution in [0.3, 0.4) is 0 Å². The Morgan fingerprint density at radius 3 is 2.52 bits per heavy atom. The lowest BCUT2D eigenvalue weighted by atomic mass is 10.3. The summed E-state index contributed by atoms with van der Waals surface area (Å²) in [5.74, 6) is 0.643. The van der Waals surface area contributed by atoms with Gasteiger partial charge in [0.05, 0.1) is 13.2 Å². The molecule has 1 unspecified atom stereocenters. The van der Waals surface area contributed by atoms with Crippen molar-refractivity contribution in [2.75, 3.05) is 12.4 Å². The highest BCUT2D eigenvalue weighted by Crippen LogP contribution is 2.30. The number of nitrogens with two attached hydrogens (primary N) is 1. The van der Waals surface area contributed by atoms with Crippen LogP contribution in [0, 0.1) is 0 Å². The Bertz CT molecular complexity index is 612. The smallest absolute Gasteiger partial charge is 0.240 e. The van der Waals surface area contributed by atoms with Gasteiger partial charge in [-0.2, -0.15) is 0 Å². The third-order valence-electron chi connectivity index (χ3n) is 2.81. The zero-order valence-electron chi connectivity index (χ0n) is 12.0. The Morgan fingerprint density at radius 2 is 1.90 bits per heavy atom. The molecule has 2 aromatic rings. The zero-order chi connectivity index (χ0) is 15.2. The van der Waals surface area contributed by atoms with E-state index in [1.807, 2.05) is 48.5 Å². The van der Waals surface area contributed by atoms with Crippen molar-refractivity contribution < 1.29 is 9.53 Å². The molecule has 5 heteroatoms. The molecule has 21 heavy (non-hydrogen) atoms. The first kappa shape index (κ1) is 15.4. The van der Waals surface area contributed by atoms with E-state index < -0.39 is 6.04 Å². The fraction of sp³-hybridized carbons (Fsp3) is 0.188. The van der Waals surface area contributed by atoms with Crippen LogP contribution in [0.1, 0.15) is 6.92 Å². The quantitative estimate of drug-likeness (QED) is 0.890. The van der Waals surface area contributed by atoms with Gasteiger partial charge in [0.2, 0.25) is 5.91 Å². The SMILES string of the molecule is COc1cccc(Sc2ccc(NC(=O)C(C)N)cc2)c1. The highest BCUT2D eigenvalue weighted by atomic mass is 32.2. The summed E-state index contributed by atoms with van der Waals surface area (Å²) in [6, 6.07) is 15.0. The largest absolute Gasteiger partial charge is 0.497 e. The first-order valence-corrected chi connectivity index (χ1v) is 7.38. The van der Waals surface area contributed by atoms with Gasteiger partial charge in [-0.15, -0.1) is 0 Å². The van der Waals surface area contributed by atoms with E-state index in [0.717, 1.165) is 21.2 Å². The Hall–Kier alpha value is -1.98. The summed E-state index contributed by atoms with van der Waals surface area (Å²) in [7, 11) is 1.65. The first-order valence-electron chi connectivity index (χ1n) is 6.57. The number of nitrogens with one attached hydrogen (secondary N) is 1. The third kappa shape index (κ3) is 4.51. The Labute approximate surface area is 128 Å². The summed E-state index contributed by atoms with van der Waals surface area (Å²) >= 11 is 1.63. The summed E-state index contributed by atoms with van der Waals surface area (Å²) < 4.78 is 5.21. The number of amides is 1. The number of ether oxygens (including phenoxy) is 1. The fourth-order valence-electron chi connectivity index (χ4n) is 1.66. The maximum atomic E-state index is 11.5. The molecule has 4 nitrogen and oxygen atoms in total. The van der Waals surface area contributed by atoms with Gasteiger partial charge in [-0.3, -0.25) is 4.79 Å². The molecule has 0 spiro atoms. The minimum absolute atomic E-state index is 0.191. The highest BCUT2D eigenvalue weighted by molar-refractivity contribution is 7.99. The second kappa shape index (κ2) is 7.15. The molecule has 0 bridgehead atoms. The van der Waals surface area contributed by atoms with Gasteiger partial charge in [0.25, 0.3) is 0 Å². The molecule has 0 radical (unpaired) electrons. The molecule has 0 saturated heterocycles. The zero-order valence-corrected chi connectivity index (χ0v) is 12.8. The monoisotopic (exact) mass is 302 g/mol. The van der Waals surface area contributed by atoms with Crippen molar-refractivity contribution in [3.8, 4) is 5.75 Å². The second-order valence-corrected chi connectivity index (χ2v) is 5.73. The minimum Gasteiger partial charge on any atom is -0.497 e. The van der Waals surface area contributed by atoms with Crippen molar-refractivity contribution in [1.29, 1.82) is 0 Å². The number of anilines is 1. The molecule has 0 aliphatic carbocycles. The standard InChI is InChI=1S/C16H18N2O2S/c1-11(17)16(19)18-12-6-8-14(9-7-12)21-15-5-3-4-13(10-15)20-2/h3-11H,17H2,1-2H3,(H,18,19). The van der Waals surface area contributed by atoms with Gasteiger partial charge in [0, 0.05) is 15.5 Å². The Morgan fingerprint density at radius 1 is 1.19 bits per heavy atom. The molecule has 1 atom stereocenters. The second-order valence-electron chi connectivity index (χ2n) is 4.58. The van der Waals surface area contributed by atoms with Crippen molar-refractivity contribution in [1.82, 2.24) is 0 Å². The molecular weight excluding hydrogens is 284 g/mol. The van der Waals surface area contributed by atoms with E-state index in [-0.39, 0.29) is 5.91 Å². The van der Waals surface area contributed by atoms with Crippen LogP contribution in [0.2, 0.25) is 0 Å².